The highest BCUT2D eigenvalue weighted by Crippen LogP contribution is 2.29. The Morgan fingerprint density at radius 1 is 1.13 bits per heavy atom. The zero-order valence-electron chi connectivity index (χ0n) is 7.10. The summed E-state index contributed by atoms with van der Waals surface area (Å²) in [6.45, 7) is 0. The van der Waals surface area contributed by atoms with Gasteiger partial charge in [-0.2, -0.15) is 0 Å². The van der Waals surface area contributed by atoms with Crippen LogP contribution in [-0.2, 0) is 4.79 Å². The van der Waals surface area contributed by atoms with Crippen molar-refractivity contribution in [2.45, 2.75) is 0 Å². The molecule has 0 heterocycles. The summed E-state index contributed by atoms with van der Waals surface area (Å²) in [6, 6.07) is 4.33. The molecule has 0 aromatic heterocycles. The van der Waals surface area contributed by atoms with Crippen molar-refractivity contribution in [3.8, 4) is 0 Å². The number of carboxylic acids is 1. The van der Waals surface area contributed by atoms with Gasteiger partial charge in [-0.1, -0.05) is 52.5 Å². The maximum atomic E-state index is 10.8. The fourth-order valence-corrected chi connectivity index (χ4v) is 1.64. The molecule has 0 spiro atoms. The highest BCUT2D eigenvalue weighted by atomic mass is 35.5. The molecule has 0 radical (unpaired) electrons. The lowest BCUT2D eigenvalue weighted by Crippen LogP contribution is -2.00. The Balaban J connectivity index is 3.32. The molecule has 6 heteroatoms. The molecule has 2 nitrogen and oxygen atoms in total. The van der Waals surface area contributed by atoms with E-state index in [1.807, 2.05) is 0 Å². The van der Waals surface area contributed by atoms with E-state index in [0.717, 1.165) is 0 Å². The third kappa shape index (κ3) is 3.02. The van der Waals surface area contributed by atoms with Crippen molar-refractivity contribution >= 4 is 57.9 Å². The van der Waals surface area contributed by atoms with Gasteiger partial charge >= 0.3 is 5.97 Å². The Kier molecular flexibility index (Phi) is 4.29. The number of benzene rings is 1. The molecule has 1 aromatic rings. The third-order valence-corrected chi connectivity index (χ3v) is 2.73. The van der Waals surface area contributed by atoms with Crippen LogP contribution >= 0.6 is 46.4 Å². The van der Waals surface area contributed by atoms with Crippen LogP contribution in [0.4, 0.5) is 0 Å². The molecule has 0 aliphatic rings. The Hall–Kier alpha value is -0.410. The number of halogens is 4. The zero-order valence-corrected chi connectivity index (χ0v) is 10.1. The summed E-state index contributed by atoms with van der Waals surface area (Å²) in [5, 5.41) is 9.42. The molecule has 0 saturated carbocycles. The molecule has 0 atom stereocenters. The highest BCUT2D eigenvalue weighted by Gasteiger charge is 2.15. The first-order valence-electron chi connectivity index (χ1n) is 3.67. The van der Waals surface area contributed by atoms with Gasteiger partial charge in [0.2, 0.25) is 0 Å². The van der Waals surface area contributed by atoms with E-state index in [2.05, 4.69) is 0 Å². The average Bonchev–Trinajstić information content (AvgIpc) is 2.10. The standard InChI is InChI=1S/C9H4Cl4O2/c10-5-2-1-4(3-6(5)11)7(8(12)13)9(14)15/h1-3H,(H,14,15). The molecular weight excluding hydrogens is 282 g/mol. The summed E-state index contributed by atoms with van der Waals surface area (Å²) in [7, 11) is 0. The number of carbonyl (C=O) groups is 1. The zero-order chi connectivity index (χ0) is 11.6. The lowest BCUT2D eigenvalue weighted by Gasteiger charge is -2.04. The number of hydrogen-bond donors (Lipinski definition) is 1. The normalized spacial score (nSPS) is 9.87. The number of rotatable bonds is 2. The highest BCUT2D eigenvalue weighted by molar-refractivity contribution is 6.61. The van der Waals surface area contributed by atoms with E-state index in [-0.39, 0.29) is 15.1 Å². The van der Waals surface area contributed by atoms with Crippen LogP contribution in [0.2, 0.25) is 10.0 Å². The molecule has 80 valence electrons. The van der Waals surface area contributed by atoms with Crippen LogP contribution in [0.3, 0.4) is 0 Å². The minimum Gasteiger partial charge on any atom is -0.478 e. The van der Waals surface area contributed by atoms with Gasteiger partial charge in [0.05, 0.1) is 15.6 Å². The number of carboxylic acid groups (broad SMARTS) is 1. The SMILES string of the molecule is O=C(O)C(=C(Cl)Cl)c1ccc(Cl)c(Cl)c1. The van der Waals surface area contributed by atoms with Gasteiger partial charge in [-0.05, 0) is 17.7 Å². The van der Waals surface area contributed by atoms with Crippen LogP contribution in [-0.4, -0.2) is 11.1 Å². The smallest absolute Gasteiger partial charge is 0.338 e. The van der Waals surface area contributed by atoms with Crippen LogP contribution in [0.5, 0.6) is 0 Å². The van der Waals surface area contributed by atoms with Crippen molar-refractivity contribution in [3.63, 3.8) is 0 Å². The van der Waals surface area contributed by atoms with Gasteiger partial charge in [-0.15, -0.1) is 0 Å². The van der Waals surface area contributed by atoms with Crippen molar-refractivity contribution in [1.82, 2.24) is 0 Å². The van der Waals surface area contributed by atoms with E-state index in [9.17, 15) is 4.79 Å². The average molecular weight is 286 g/mol. The van der Waals surface area contributed by atoms with Crippen LogP contribution in [0, 0.1) is 0 Å². The summed E-state index contributed by atoms with van der Waals surface area (Å²) in [4.78, 5) is 10.8. The summed E-state index contributed by atoms with van der Waals surface area (Å²) in [5.74, 6) is -1.23. The monoisotopic (exact) mass is 284 g/mol. The molecule has 0 bridgehead atoms. The van der Waals surface area contributed by atoms with Gasteiger partial charge < -0.3 is 5.11 Å². The van der Waals surface area contributed by atoms with Crippen LogP contribution < -0.4 is 0 Å². The second-order valence-electron chi connectivity index (χ2n) is 2.57. The molecule has 1 rings (SSSR count). The molecule has 0 amide bonds. The molecular formula is C9H4Cl4O2. The second-order valence-corrected chi connectivity index (χ2v) is 4.33. The van der Waals surface area contributed by atoms with E-state index in [4.69, 9.17) is 51.5 Å². The van der Waals surface area contributed by atoms with E-state index in [1.54, 1.807) is 0 Å². The van der Waals surface area contributed by atoms with Crippen molar-refractivity contribution < 1.29 is 9.90 Å². The second kappa shape index (κ2) is 5.08. The molecule has 0 aliphatic heterocycles. The lowest BCUT2D eigenvalue weighted by molar-refractivity contribution is -0.130. The third-order valence-electron chi connectivity index (χ3n) is 1.61. The Morgan fingerprint density at radius 2 is 1.73 bits per heavy atom. The first-order valence-corrected chi connectivity index (χ1v) is 5.18. The summed E-state index contributed by atoms with van der Waals surface area (Å²) in [6.07, 6.45) is 0. The Labute approximate surface area is 106 Å². The fourth-order valence-electron chi connectivity index (χ4n) is 0.965. The fraction of sp³-hybridized carbons (Fsp3) is 0. The lowest BCUT2D eigenvalue weighted by atomic mass is 10.1. The molecule has 0 fully saturated rings. The van der Waals surface area contributed by atoms with E-state index < -0.39 is 5.97 Å². The van der Waals surface area contributed by atoms with Gasteiger partial charge in [0.15, 0.2) is 0 Å². The topological polar surface area (TPSA) is 37.3 Å². The first kappa shape index (κ1) is 12.7. The van der Waals surface area contributed by atoms with Crippen molar-refractivity contribution in [1.29, 1.82) is 0 Å². The predicted octanol–water partition coefficient (Wildman–Crippen LogP) is 4.22. The minimum atomic E-state index is -1.23. The Bertz CT molecular complexity index is 436. The maximum absolute atomic E-state index is 10.8. The van der Waals surface area contributed by atoms with Gasteiger partial charge in [0.25, 0.3) is 0 Å². The predicted molar refractivity (Wildman–Crippen MR) is 62.7 cm³/mol. The van der Waals surface area contributed by atoms with Crippen LogP contribution in [0.1, 0.15) is 5.56 Å². The van der Waals surface area contributed by atoms with E-state index in [1.165, 1.54) is 18.2 Å². The molecule has 1 aromatic carbocycles. The number of hydrogen-bond acceptors (Lipinski definition) is 1. The van der Waals surface area contributed by atoms with Gasteiger partial charge in [-0.25, -0.2) is 4.79 Å². The van der Waals surface area contributed by atoms with Gasteiger partial charge in [0.1, 0.15) is 4.49 Å². The van der Waals surface area contributed by atoms with Crippen LogP contribution in [0.25, 0.3) is 5.57 Å². The molecule has 0 aliphatic carbocycles. The van der Waals surface area contributed by atoms with Crippen molar-refractivity contribution in [2.75, 3.05) is 0 Å². The summed E-state index contributed by atoms with van der Waals surface area (Å²) in [5.41, 5.74) is 0.0915. The van der Waals surface area contributed by atoms with E-state index in [0.29, 0.717) is 10.6 Å². The van der Waals surface area contributed by atoms with Gasteiger partial charge in [0, 0.05) is 0 Å². The molecule has 1 N–H and O–H groups in total. The molecule has 0 saturated heterocycles. The first-order chi connectivity index (χ1) is 6.93. The summed E-state index contributed by atoms with van der Waals surface area (Å²) < 4.78 is -0.333. The molecule has 15 heavy (non-hydrogen) atoms. The van der Waals surface area contributed by atoms with Crippen molar-refractivity contribution in [2.24, 2.45) is 0 Å². The number of aliphatic carboxylic acids is 1. The Morgan fingerprint density at radius 3 is 2.13 bits per heavy atom. The van der Waals surface area contributed by atoms with Crippen molar-refractivity contribution in [3.05, 3.63) is 38.3 Å². The van der Waals surface area contributed by atoms with E-state index >= 15 is 0 Å². The van der Waals surface area contributed by atoms with Gasteiger partial charge in [-0.3, -0.25) is 0 Å². The van der Waals surface area contributed by atoms with Crippen LogP contribution in [0.15, 0.2) is 22.7 Å². The molecule has 0 unspecified atom stereocenters. The summed E-state index contributed by atoms with van der Waals surface area (Å²) >= 11 is 22.3. The quantitative estimate of drug-likeness (QED) is 0.826. The minimum absolute atomic E-state index is 0.211. The maximum Gasteiger partial charge on any atom is 0.338 e. The largest absolute Gasteiger partial charge is 0.478 e.